The third-order valence-electron chi connectivity index (χ3n) is 5.87. The molecular weight excluding hydrogens is 476 g/mol. The van der Waals surface area contributed by atoms with Gasteiger partial charge in [0.2, 0.25) is 5.91 Å². The van der Waals surface area contributed by atoms with Crippen molar-refractivity contribution in [1.82, 2.24) is 15.2 Å². The van der Waals surface area contributed by atoms with E-state index in [9.17, 15) is 19.2 Å². The summed E-state index contributed by atoms with van der Waals surface area (Å²) >= 11 is 1.57. The standard InChI is InChI=1S/C27H22N4O4S/c1-17-8-10-19(11-9-17)31-26(34)22(25(33)29-27(31)35)13-18-15-30(23-7-3-2-6-21(18)23)16-24(32)28-14-20-5-4-12-36-20/h2-13,15H,14,16H2,1H3,(H,28,32)(H,29,33,35)/b22-13-. The molecule has 0 saturated carbocycles. The lowest BCUT2D eigenvalue weighted by molar-refractivity contribution is -0.123. The van der Waals surface area contributed by atoms with Gasteiger partial charge in [0.25, 0.3) is 11.8 Å². The van der Waals surface area contributed by atoms with Gasteiger partial charge < -0.3 is 9.88 Å². The Bertz CT molecular complexity index is 1520. The summed E-state index contributed by atoms with van der Waals surface area (Å²) in [5.74, 6) is -1.64. The summed E-state index contributed by atoms with van der Waals surface area (Å²) in [7, 11) is 0. The van der Waals surface area contributed by atoms with Crippen LogP contribution in [0.2, 0.25) is 0 Å². The number of aryl methyl sites for hydroxylation is 1. The van der Waals surface area contributed by atoms with Crippen LogP contribution in [0.15, 0.2) is 77.8 Å². The van der Waals surface area contributed by atoms with Crippen LogP contribution in [0.5, 0.6) is 0 Å². The number of nitrogens with zero attached hydrogens (tertiary/aromatic N) is 2. The van der Waals surface area contributed by atoms with Crippen LogP contribution in [0.1, 0.15) is 16.0 Å². The van der Waals surface area contributed by atoms with Crippen molar-refractivity contribution < 1.29 is 19.2 Å². The van der Waals surface area contributed by atoms with Gasteiger partial charge in [0, 0.05) is 27.5 Å². The zero-order chi connectivity index (χ0) is 25.2. The van der Waals surface area contributed by atoms with Gasteiger partial charge in [-0.3, -0.25) is 19.7 Å². The molecule has 5 rings (SSSR count). The van der Waals surface area contributed by atoms with Crippen molar-refractivity contribution in [3.63, 3.8) is 0 Å². The minimum atomic E-state index is -0.796. The Kier molecular flexibility index (Phi) is 6.22. The van der Waals surface area contributed by atoms with Crippen LogP contribution in [0.4, 0.5) is 10.5 Å². The Morgan fingerprint density at radius 3 is 2.56 bits per heavy atom. The Morgan fingerprint density at radius 1 is 1.03 bits per heavy atom. The minimum absolute atomic E-state index is 0.0726. The van der Waals surface area contributed by atoms with Crippen molar-refractivity contribution in [2.24, 2.45) is 0 Å². The summed E-state index contributed by atoms with van der Waals surface area (Å²) in [4.78, 5) is 53.0. The maximum Gasteiger partial charge on any atom is 0.335 e. The number of hydrogen-bond acceptors (Lipinski definition) is 5. The number of carbonyl (C=O) groups is 4. The third-order valence-corrected chi connectivity index (χ3v) is 6.74. The number of amides is 5. The molecule has 0 atom stereocenters. The van der Waals surface area contributed by atoms with Crippen molar-refractivity contribution in [2.75, 3.05) is 4.90 Å². The average molecular weight is 499 g/mol. The number of anilines is 1. The fourth-order valence-corrected chi connectivity index (χ4v) is 4.72. The Balaban J connectivity index is 1.45. The molecule has 0 aliphatic carbocycles. The first-order valence-electron chi connectivity index (χ1n) is 11.3. The molecule has 1 aliphatic heterocycles. The molecule has 0 unspecified atom stereocenters. The van der Waals surface area contributed by atoms with E-state index >= 15 is 0 Å². The highest BCUT2D eigenvalue weighted by molar-refractivity contribution is 7.09. The molecule has 5 amide bonds. The van der Waals surface area contributed by atoms with E-state index in [1.165, 1.54) is 6.08 Å². The third kappa shape index (κ3) is 4.56. The highest BCUT2D eigenvalue weighted by Crippen LogP contribution is 2.27. The van der Waals surface area contributed by atoms with Crippen molar-refractivity contribution in [3.05, 3.63) is 93.8 Å². The molecule has 9 heteroatoms. The summed E-state index contributed by atoms with van der Waals surface area (Å²) in [6.45, 7) is 2.42. The molecule has 3 heterocycles. The van der Waals surface area contributed by atoms with E-state index in [1.807, 2.05) is 48.7 Å². The molecule has 0 radical (unpaired) electrons. The second-order valence-electron chi connectivity index (χ2n) is 8.38. The van der Waals surface area contributed by atoms with Gasteiger partial charge in [0.05, 0.1) is 12.2 Å². The van der Waals surface area contributed by atoms with Crippen molar-refractivity contribution >= 4 is 57.8 Å². The van der Waals surface area contributed by atoms with Gasteiger partial charge in [0.1, 0.15) is 12.1 Å². The number of imide groups is 2. The SMILES string of the molecule is Cc1ccc(N2C(=O)NC(=O)/C(=C/c3cn(CC(=O)NCc4cccs4)c4ccccc34)C2=O)cc1. The molecule has 180 valence electrons. The van der Waals surface area contributed by atoms with E-state index < -0.39 is 17.8 Å². The molecule has 36 heavy (non-hydrogen) atoms. The molecular formula is C27H22N4O4S. The lowest BCUT2D eigenvalue weighted by Gasteiger charge is -2.26. The largest absolute Gasteiger partial charge is 0.350 e. The topological polar surface area (TPSA) is 101 Å². The molecule has 4 aromatic rings. The second kappa shape index (κ2) is 9.63. The number of fused-ring (bicyclic) bond motifs is 1. The van der Waals surface area contributed by atoms with E-state index in [1.54, 1.807) is 46.4 Å². The van der Waals surface area contributed by atoms with Crippen molar-refractivity contribution in [1.29, 1.82) is 0 Å². The monoisotopic (exact) mass is 498 g/mol. The number of aromatic nitrogens is 1. The predicted molar refractivity (Wildman–Crippen MR) is 138 cm³/mol. The number of carbonyl (C=O) groups excluding carboxylic acids is 4. The van der Waals surface area contributed by atoms with Crippen LogP contribution in [0.25, 0.3) is 17.0 Å². The number of thiophene rings is 1. The quantitative estimate of drug-likeness (QED) is 0.310. The first-order valence-corrected chi connectivity index (χ1v) is 12.1. The Labute approximate surface area is 210 Å². The number of para-hydroxylation sites is 1. The molecule has 2 N–H and O–H groups in total. The summed E-state index contributed by atoms with van der Waals surface area (Å²) in [5.41, 5.74) is 2.55. The molecule has 0 bridgehead atoms. The number of hydrogen-bond donors (Lipinski definition) is 2. The lowest BCUT2D eigenvalue weighted by atomic mass is 10.1. The molecule has 1 saturated heterocycles. The van der Waals surface area contributed by atoms with Crippen LogP contribution in [-0.2, 0) is 27.5 Å². The highest BCUT2D eigenvalue weighted by Gasteiger charge is 2.37. The van der Waals surface area contributed by atoms with Crippen LogP contribution in [-0.4, -0.2) is 28.3 Å². The van der Waals surface area contributed by atoms with Gasteiger partial charge in [-0.15, -0.1) is 11.3 Å². The number of nitrogens with one attached hydrogen (secondary N) is 2. The van der Waals surface area contributed by atoms with Crippen LogP contribution >= 0.6 is 11.3 Å². The summed E-state index contributed by atoms with van der Waals surface area (Å²) < 4.78 is 1.78. The minimum Gasteiger partial charge on any atom is -0.350 e. The maximum atomic E-state index is 13.3. The maximum absolute atomic E-state index is 13.3. The molecule has 1 fully saturated rings. The lowest BCUT2D eigenvalue weighted by Crippen LogP contribution is -2.54. The predicted octanol–water partition coefficient (Wildman–Crippen LogP) is 3.99. The van der Waals surface area contributed by atoms with Crippen LogP contribution < -0.4 is 15.5 Å². The number of rotatable bonds is 6. The van der Waals surface area contributed by atoms with E-state index in [-0.39, 0.29) is 18.0 Å². The van der Waals surface area contributed by atoms with Gasteiger partial charge in [-0.2, -0.15) is 0 Å². The van der Waals surface area contributed by atoms with Gasteiger partial charge in [-0.05, 0) is 42.6 Å². The summed E-state index contributed by atoms with van der Waals surface area (Å²) in [6, 6.07) is 17.4. The van der Waals surface area contributed by atoms with Gasteiger partial charge >= 0.3 is 6.03 Å². The van der Waals surface area contributed by atoms with Gasteiger partial charge in [-0.1, -0.05) is 42.0 Å². The molecule has 1 aliphatic rings. The first-order chi connectivity index (χ1) is 17.4. The number of benzene rings is 2. The Hall–Kier alpha value is -4.50. The van der Waals surface area contributed by atoms with E-state index in [2.05, 4.69) is 10.6 Å². The summed E-state index contributed by atoms with van der Waals surface area (Å²) in [5, 5.41) is 7.89. The van der Waals surface area contributed by atoms with E-state index in [4.69, 9.17) is 0 Å². The average Bonchev–Trinajstić information content (AvgIpc) is 3.50. The number of urea groups is 1. The van der Waals surface area contributed by atoms with Gasteiger partial charge in [-0.25, -0.2) is 9.69 Å². The van der Waals surface area contributed by atoms with E-state index in [0.717, 1.165) is 26.2 Å². The fourth-order valence-electron chi connectivity index (χ4n) is 4.07. The Morgan fingerprint density at radius 2 is 1.81 bits per heavy atom. The smallest absolute Gasteiger partial charge is 0.335 e. The highest BCUT2D eigenvalue weighted by atomic mass is 32.1. The number of barbiturate groups is 1. The first kappa shape index (κ1) is 23.3. The normalized spacial score (nSPS) is 15.0. The van der Waals surface area contributed by atoms with Crippen molar-refractivity contribution in [3.8, 4) is 0 Å². The van der Waals surface area contributed by atoms with Crippen molar-refractivity contribution in [2.45, 2.75) is 20.0 Å². The fraction of sp³-hybridized carbons (Fsp3) is 0.111. The van der Waals surface area contributed by atoms with E-state index in [0.29, 0.717) is 17.8 Å². The molecule has 2 aromatic carbocycles. The van der Waals surface area contributed by atoms with Gasteiger partial charge in [0.15, 0.2) is 0 Å². The molecule has 2 aromatic heterocycles. The van der Waals surface area contributed by atoms with Crippen LogP contribution in [0.3, 0.4) is 0 Å². The summed E-state index contributed by atoms with van der Waals surface area (Å²) in [6.07, 6.45) is 3.20. The molecule has 8 nitrogen and oxygen atoms in total. The second-order valence-corrected chi connectivity index (χ2v) is 9.41. The molecule has 0 spiro atoms. The zero-order valence-electron chi connectivity index (χ0n) is 19.4. The zero-order valence-corrected chi connectivity index (χ0v) is 20.2. The van der Waals surface area contributed by atoms with Crippen LogP contribution in [0, 0.1) is 6.92 Å².